The lowest BCUT2D eigenvalue weighted by Gasteiger charge is -2.14. The Morgan fingerprint density at radius 2 is 1.70 bits per heavy atom. The summed E-state index contributed by atoms with van der Waals surface area (Å²) < 4.78 is 12.5. The molecule has 0 aliphatic carbocycles. The highest BCUT2D eigenvalue weighted by atomic mass is 16.5. The molecule has 0 radical (unpaired) electrons. The Morgan fingerprint density at radius 1 is 1.04 bits per heavy atom. The van der Waals surface area contributed by atoms with Gasteiger partial charge in [-0.2, -0.15) is 5.10 Å². The quantitative estimate of drug-likeness (QED) is 0.724. The van der Waals surface area contributed by atoms with Crippen LogP contribution in [0.5, 0.6) is 11.5 Å². The van der Waals surface area contributed by atoms with Gasteiger partial charge in [0.15, 0.2) is 0 Å². The van der Waals surface area contributed by atoms with Gasteiger partial charge in [-0.05, 0) is 37.6 Å². The minimum atomic E-state index is -0.174. The number of aromatic nitrogens is 2. The van der Waals surface area contributed by atoms with Crippen LogP contribution in [0.3, 0.4) is 0 Å². The van der Waals surface area contributed by atoms with Crippen molar-refractivity contribution in [1.82, 2.24) is 9.78 Å². The normalized spacial score (nSPS) is 10.5. The highest BCUT2D eigenvalue weighted by molar-refractivity contribution is 5.92. The molecular weight excluding hydrogens is 342 g/mol. The van der Waals surface area contributed by atoms with Crippen molar-refractivity contribution in [2.24, 2.45) is 0 Å². The monoisotopic (exact) mass is 365 g/mol. The molecule has 1 N–H and O–H groups in total. The summed E-state index contributed by atoms with van der Waals surface area (Å²) in [7, 11) is 3.15. The Hall–Kier alpha value is -3.28. The number of amides is 1. The third-order valence-electron chi connectivity index (χ3n) is 4.31. The van der Waals surface area contributed by atoms with Gasteiger partial charge in [-0.3, -0.25) is 4.79 Å². The highest BCUT2D eigenvalue weighted by Gasteiger charge is 2.17. The zero-order chi connectivity index (χ0) is 19.4. The van der Waals surface area contributed by atoms with Crippen molar-refractivity contribution in [2.75, 3.05) is 19.5 Å². The van der Waals surface area contributed by atoms with Crippen LogP contribution in [0.2, 0.25) is 0 Å². The summed E-state index contributed by atoms with van der Waals surface area (Å²) >= 11 is 0. The SMILES string of the molecule is COc1cccc(OC)c1CC(=O)Nc1cc(C)nn1-c1ccccc1C. The fourth-order valence-electron chi connectivity index (χ4n) is 3.02. The van der Waals surface area contributed by atoms with Crippen molar-refractivity contribution in [3.8, 4) is 17.2 Å². The Kier molecular flexibility index (Phi) is 5.45. The summed E-state index contributed by atoms with van der Waals surface area (Å²) in [6.45, 7) is 3.91. The molecule has 0 bridgehead atoms. The van der Waals surface area contributed by atoms with Crippen LogP contribution in [0, 0.1) is 13.8 Å². The summed E-state index contributed by atoms with van der Waals surface area (Å²) in [4.78, 5) is 12.7. The van der Waals surface area contributed by atoms with Gasteiger partial charge in [0.2, 0.25) is 5.91 Å². The minimum absolute atomic E-state index is 0.130. The van der Waals surface area contributed by atoms with E-state index in [-0.39, 0.29) is 12.3 Å². The van der Waals surface area contributed by atoms with E-state index in [1.54, 1.807) is 18.9 Å². The second-order valence-electron chi connectivity index (χ2n) is 6.24. The Morgan fingerprint density at radius 3 is 2.33 bits per heavy atom. The lowest BCUT2D eigenvalue weighted by molar-refractivity contribution is -0.115. The summed E-state index contributed by atoms with van der Waals surface area (Å²) in [5, 5.41) is 7.48. The third-order valence-corrected chi connectivity index (χ3v) is 4.31. The van der Waals surface area contributed by atoms with E-state index in [1.807, 2.05) is 62.4 Å². The summed E-state index contributed by atoms with van der Waals surface area (Å²) in [5.74, 6) is 1.69. The van der Waals surface area contributed by atoms with E-state index in [1.165, 1.54) is 0 Å². The van der Waals surface area contributed by atoms with Gasteiger partial charge in [0.1, 0.15) is 17.3 Å². The first-order chi connectivity index (χ1) is 13.0. The van der Waals surface area contributed by atoms with Gasteiger partial charge in [-0.15, -0.1) is 0 Å². The highest BCUT2D eigenvalue weighted by Crippen LogP contribution is 2.29. The number of benzene rings is 2. The first-order valence-electron chi connectivity index (χ1n) is 8.66. The molecule has 1 amide bonds. The number of nitrogens with zero attached hydrogens (tertiary/aromatic N) is 2. The summed E-state index contributed by atoms with van der Waals surface area (Å²) in [5.41, 5.74) is 3.53. The smallest absolute Gasteiger partial charge is 0.230 e. The molecule has 0 saturated heterocycles. The number of rotatable bonds is 6. The van der Waals surface area contributed by atoms with E-state index in [4.69, 9.17) is 9.47 Å². The molecule has 3 rings (SSSR count). The molecule has 1 aromatic heterocycles. The van der Waals surface area contributed by atoms with E-state index < -0.39 is 0 Å². The van der Waals surface area contributed by atoms with Crippen molar-refractivity contribution in [2.45, 2.75) is 20.3 Å². The number of nitrogens with one attached hydrogen (secondary N) is 1. The van der Waals surface area contributed by atoms with Crippen molar-refractivity contribution < 1.29 is 14.3 Å². The van der Waals surface area contributed by atoms with E-state index >= 15 is 0 Å². The minimum Gasteiger partial charge on any atom is -0.496 e. The zero-order valence-electron chi connectivity index (χ0n) is 15.9. The van der Waals surface area contributed by atoms with Gasteiger partial charge >= 0.3 is 0 Å². The maximum atomic E-state index is 12.7. The zero-order valence-corrected chi connectivity index (χ0v) is 15.9. The fraction of sp³-hybridized carbons (Fsp3) is 0.238. The lowest BCUT2D eigenvalue weighted by Crippen LogP contribution is -2.18. The van der Waals surface area contributed by atoms with Gasteiger partial charge < -0.3 is 14.8 Å². The first-order valence-corrected chi connectivity index (χ1v) is 8.66. The number of hydrogen-bond donors (Lipinski definition) is 1. The topological polar surface area (TPSA) is 65.4 Å². The van der Waals surface area contributed by atoms with Crippen LogP contribution >= 0.6 is 0 Å². The molecule has 0 spiro atoms. The van der Waals surface area contributed by atoms with Crippen LogP contribution in [0.1, 0.15) is 16.8 Å². The van der Waals surface area contributed by atoms with Gasteiger partial charge in [-0.25, -0.2) is 4.68 Å². The van der Waals surface area contributed by atoms with Crippen LogP contribution < -0.4 is 14.8 Å². The van der Waals surface area contributed by atoms with Crippen LogP contribution in [0.25, 0.3) is 5.69 Å². The Bertz CT molecular complexity index is 941. The van der Waals surface area contributed by atoms with Crippen LogP contribution in [-0.4, -0.2) is 29.9 Å². The molecule has 0 unspecified atom stereocenters. The molecule has 1 heterocycles. The lowest BCUT2D eigenvalue weighted by atomic mass is 10.1. The Labute approximate surface area is 158 Å². The van der Waals surface area contributed by atoms with Crippen LogP contribution in [0.15, 0.2) is 48.5 Å². The van der Waals surface area contributed by atoms with Crippen LogP contribution in [-0.2, 0) is 11.2 Å². The molecule has 6 nitrogen and oxygen atoms in total. The molecular formula is C21H23N3O3. The molecule has 3 aromatic rings. The number of carbonyl (C=O) groups is 1. The van der Waals surface area contributed by atoms with Gasteiger partial charge in [0.25, 0.3) is 0 Å². The molecule has 0 saturated carbocycles. The van der Waals surface area contributed by atoms with Crippen molar-refractivity contribution in [3.05, 3.63) is 65.4 Å². The molecule has 0 atom stereocenters. The Balaban J connectivity index is 1.88. The molecule has 0 aliphatic rings. The fourth-order valence-corrected chi connectivity index (χ4v) is 3.02. The van der Waals surface area contributed by atoms with E-state index in [0.29, 0.717) is 22.9 Å². The molecule has 140 valence electrons. The second-order valence-corrected chi connectivity index (χ2v) is 6.24. The number of hydrogen-bond acceptors (Lipinski definition) is 4. The maximum Gasteiger partial charge on any atom is 0.230 e. The number of ether oxygens (including phenoxy) is 2. The first kappa shape index (κ1) is 18.5. The molecule has 0 fully saturated rings. The second kappa shape index (κ2) is 7.95. The number of anilines is 1. The van der Waals surface area contributed by atoms with Gasteiger partial charge in [0.05, 0.1) is 32.0 Å². The molecule has 6 heteroatoms. The number of methoxy groups -OCH3 is 2. The van der Waals surface area contributed by atoms with Crippen molar-refractivity contribution in [3.63, 3.8) is 0 Å². The molecule has 27 heavy (non-hydrogen) atoms. The van der Waals surface area contributed by atoms with Gasteiger partial charge in [-0.1, -0.05) is 24.3 Å². The number of para-hydroxylation sites is 1. The van der Waals surface area contributed by atoms with E-state index in [2.05, 4.69) is 10.4 Å². The molecule has 2 aromatic carbocycles. The van der Waals surface area contributed by atoms with Crippen molar-refractivity contribution >= 4 is 11.7 Å². The largest absolute Gasteiger partial charge is 0.496 e. The average Bonchev–Trinajstić information content (AvgIpc) is 3.02. The summed E-state index contributed by atoms with van der Waals surface area (Å²) in [6.07, 6.45) is 0.130. The van der Waals surface area contributed by atoms with Gasteiger partial charge in [0, 0.05) is 11.6 Å². The molecule has 0 aliphatic heterocycles. The number of carbonyl (C=O) groups excluding carboxylic acids is 1. The summed E-state index contributed by atoms with van der Waals surface area (Å²) in [6, 6.07) is 15.2. The predicted octanol–water partition coefficient (Wildman–Crippen LogP) is 3.69. The maximum absolute atomic E-state index is 12.7. The predicted molar refractivity (Wildman–Crippen MR) is 105 cm³/mol. The van der Waals surface area contributed by atoms with E-state index in [9.17, 15) is 4.79 Å². The number of aryl methyl sites for hydroxylation is 2. The van der Waals surface area contributed by atoms with E-state index in [0.717, 1.165) is 16.9 Å². The average molecular weight is 365 g/mol. The third kappa shape index (κ3) is 3.95. The van der Waals surface area contributed by atoms with Crippen molar-refractivity contribution in [1.29, 1.82) is 0 Å². The van der Waals surface area contributed by atoms with Crippen LogP contribution in [0.4, 0.5) is 5.82 Å². The standard InChI is InChI=1S/C21H23N3O3/c1-14-8-5-6-9-17(14)24-20(12-15(2)23-24)22-21(25)13-16-18(26-3)10-7-11-19(16)27-4/h5-12H,13H2,1-4H3,(H,22,25).